The van der Waals surface area contributed by atoms with Crippen molar-refractivity contribution in [3.8, 4) is 22.5 Å². The van der Waals surface area contributed by atoms with Crippen molar-refractivity contribution in [1.29, 1.82) is 0 Å². The van der Waals surface area contributed by atoms with Crippen molar-refractivity contribution >= 4 is 33.6 Å². The summed E-state index contributed by atoms with van der Waals surface area (Å²) in [5.74, 6) is 0.145. The second kappa shape index (κ2) is 8.85. The topological polar surface area (TPSA) is 114 Å². The van der Waals surface area contributed by atoms with Crippen molar-refractivity contribution in [2.24, 2.45) is 5.92 Å². The molecular weight excluding hydrogens is 478 g/mol. The second-order valence-corrected chi connectivity index (χ2v) is 10.3. The second-order valence-electron chi connectivity index (χ2n) is 10.3. The summed E-state index contributed by atoms with van der Waals surface area (Å²) in [6.07, 6.45) is 2.31. The van der Waals surface area contributed by atoms with Crippen LogP contribution in [-0.4, -0.2) is 56.6 Å². The highest BCUT2D eigenvalue weighted by molar-refractivity contribution is 6.01. The van der Waals surface area contributed by atoms with Crippen LogP contribution >= 0.6 is 0 Å². The molecule has 2 aromatic heterocycles. The normalized spacial score (nSPS) is 20.7. The molecule has 5 heterocycles. The lowest BCUT2D eigenvalue weighted by molar-refractivity contribution is 0.0697. The third kappa shape index (κ3) is 3.85. The van der Waals surface area contributed by atoms with Crippen LogP contribution in [0.5, 0.6) is 0 Å². The monoisotopic (exact) mass is 505 g/mol. The summed E-state index contributed by atoms with van der Waals surface area (Å²) in [5.41, 5.74) is 5.61. The van der Waals surface area contributed by atoms with E-state index in [1.54, 1.807) is 12.1 Å². The van der Waals surface area contributed by atoms with Crippen LogP contribution < -0.4 is 10.9 Å². The number of aromatic nitrogens is 3. The van der Waals surface area contributed by atoms with Gasteiger partial charge >= 0.3 is 5.97 Å². The van der Waals surface area contributed by atoms with Gasteiger partial charge in [0, 0.05) is 18.0 Å². The number of carboxylic acid groups (broad SMARTS) is 1. The predicted molar refractivity (Wildman–Crippen MR) is 149 cm³/mol. The van der Waals surface area contributed by atoms with Crippen LogP contribution in [0.4, 0.5) is 5.69 Å². The molecule has 0 amide bonds. The number of hydrogen-bond acceptors (Lipinski definition) is 5. The zero-order valence-corrected chi connectivity index (χ0v) is 20.7. The largest absolute Gasteiger partial charge is 0.478 e. The van der Waals surface area contributed by atoms with Crippen molar-refractivity contribution in [2.75, 3.05) is 25.0 Å². The molecule has 0 aliphatic carbocycles. The minimum atomic E-state index is -0.952. The number of benzene rings is 3. The summed E-state index contributed by atoms with van der Waals surface area (Å²) >= 11 is 0. The maximum Gasteiger partial charge on any atom is 0.335 e. The van der Waals surface area contributed by atoms with Crippen LogP contribution in [0.15, 0.2) is 71.5 Å². The van der Waals surface area contributed by atoms with Crippen LogP contribution in [0, 0.1) is 5.92 Å². The summed E-state index contributed by atoms with van der Waals surface area (Å²) in [6.45, 7) is 3.21. The van der Waals surface area contributed by atoms with Crippen molar-refractivity contribution in [3.63, 3.8) is 0 Å². The van der Waals surface area contributed by atoms with E-state index in [-0.39, 0.29) is 17.2 Å². The Balaban J connectivity index is 1.42. The first-order valence-corrected chi connectivity index (χ1v) is 13.0. The van der Waals surface area contributed by atoms with Gasteiger partial charge in [0.1, 0.15) is 11.4 Å². The molecule has 5 aromatic rings. The number of para-hydroxylation sites is 2. The van der Waals surface area contributed by atoms with E-state index >= 15 is 0 Å². The number of hydrogen-bond donors (Lipinski definition) is 4. The van der Waals surface area contributed by atoms with Crippen LogP contribution in [-0.2, 0) is 0 Å². The van der Waals surface area contributed by atoms with Gasteiger partial charge in [-0.15, -0.1) is 0 Å². The van der Waals surface area contributed by atoms with Gasteiger partial charge in [0.25, 0.3) is 5.56 Å². The fourth-order valence-corrected chi connectivity index (χ4v) is 6.04. The smallest absolute Gasteiger partial charge is 0.335 e. The maximum atomic E-state index is 13.6. The first kappa shape index (κ1) is 22.7. The van der Waals surface area contributed by atoms with Gasteiger partial charge in [-0.25, -0.2) is 9.78 Å². The molecule has 0 spiro atoms. The van der Waals surface area contributed by atoms with Gasteiger partial charge in [-0.3, -0.25) is 4.79 Å². The van der Waals surface area contributed by atoms with E-state index in [1.165, 1.54) is 0 Å². The first-order valence-electron chi connectivity index (χ1n) is 13.0. The van der Waals surface area contributed by atoms with Crippen molar-refractivity contribution < 1.29 is 9.90 Å². The van der Waals surface area contributed by atoms with Gasteiger partial charge < -0.3 is 25.3 Å². The molecule has 190 valence electrons. The van der Waals surface area contributed by atoms with Crippen LogP contribution in [0.3, 0.4) is 0 Å². The molecule has 4 N–H and O–H groups in total. The summed E-state index contributed by atoms with van der Waals surface area (Å²) in [5, 5.41) is 14.0. The molecule has 1 atom stereocenters. The van der Waals surface area contributed by atoms with E-state index in [1.807, 2.05) is 48.5 Å². The fraction of sp³-hybridized carbons (Fsp3) is 0.233. The first-order chi connectivity index (χ1) is 18.5. The molecule has 0 saturated carbocycles. The summed E-state index contributed by atoms with van der Waals surface area (Å²) in [4.78, 5) is 38.6. The maximum absolute atomic E-state index is 13.6. The third-order valence-electron chi connectivity index (χ3n) is 8.09. The lowest BCUT2D eigenvalue weighted by atomic mass is 9.83. The Morgan fingerprint density at radius 1 is 0.947 bits per heavy atom. The minimum Gasteiger partial charge on any atom is -0.478 e. The quantitative estimate of drug-likeness (QED) is 0.269. The lowest BCUT2D eigenvalue weighted by Crippen LogP contribution is -2.53. The minimum absolute atomic E-state index is 0.195. The van der Waals surface area contributed by atoms with Gasteiger partial charge in [-0.05, 0) is 79.4 Å². The molecule has 3 aliphatic heterocycles. The van der Waals surface area contributed by atoms with E-state index in [9.17, 15) is 14.7 Å². The SMILES string of the molecule is O=C(O)c1ccc(-c2ccc3[nH]c(=O)c(-c4nc5ccccc5[nH]4)c(N[C@H]4CN5CCC4CC5)c3c2)cc1. The number of imidazole rings is 1. The van der Waals surface area contributed by atoms with Gasteiger partial charge in [-0.1, -0.05) is 30.3 Å². The zero-order valence-electron chi connectivity index (χ0n) is 20.7. The number of nitrogens with zero attached hydrogens (tertiary/aromatic N) is 2. The van der Waals surface area contributed by atoms with Gasteiger partial charge in [0.15, 0.2) is 0 Å². The average Bonchev–Trinajstić information content (AvgIpc) is 3.37. The number of fused-ring (bicyclic) bond motifs is 5. The molecule has 8 rings (SSSR count). The summed E-state index contributed by atoms with van der Waals surface area (Å²) < 4.78 is 0. The predicted octanol–water partition coefficient (Wildman–Crippen LogP) is 4.94. The van der Waals surface area contributed by atoms with Crippen LogP contribution in [0.2, 0.25) is 0 Å². The van der Waals surface area contributed by atoms with E-state index in [4.69, 9.17) is 4.98 Å². The number of aromatic amines is 2. The Hall–Kier alpha value is -4.43. The molecule has 2 bridgehead atoms. The average molecular weight is 506 g/mol. The van der Waals surface area contributed by atoms with E-state index in [2.05, 4.69) is 26.3 Å². The van der Waals surface area contributed by atoms with E-state index < -0.39 is 5.97 Å². The highest BCUT2D eigenvalue weighted by atomic mass is 16.4. The lowest BCUT2D eigenvalue weighted by Gasteiger charge is -2.45. The Morgan fingerprint density at radius 3 is 2.42 bits per heavy atom. The number of H-pyrrole nitrogens is 2. The number of carbonyl (C=O) groups is 1. The third-order valence-corrected chi connectivity index (χ3v) is 8.09. The highest BCUT2D eigenvalue weighted by Crippen LogP contribution is 2.37. The molecule has 3 saturated heterocycles. The highest BCUT2D eigenvalue weighted by Gasteiger charge is 2.35. The molecule has 3 aliphatic rings. The number of pyridine rings is 1. The Bertz CT molecular complexity index is 1710. The van der Waals surface area contributed by atoms with E-state index in [0.29, 0.717) is 17.3 Å². The number of carboxylic acids is 1. The van der Waals surface area contributed by atoms with Gasteiger partial charge in [0.2, 0.25) is 0 Å². The molecule has 3 fully saturated rings. The Kier molecular flexibility index (Phi) is 5.30. The molecular formula is C30H27N5O3. The number of anilines is 1. The van der Waals surface area contributed by atoms with Crippen LogP contribution in [0.1, 0.15) is 23.2 Å². The molecule has 8 nitrogen and oxygen atoms in total. The molecule has 38 heavy (non-hydrogen) atoms. The van der Waals surface area contributed by atoms with Crippen molar-refractivity contribution in [1.82, 2.24) is 19.9 Å². The number of rotatable bonds is 5. The zero-order chi connectivity index (χ0) is 25.8. The molecule has 8 heteroatoms. The Morgan fingerprint density at radius 2 is 1.71 bits per heavy atom. The standard InChI is InChI=1S/C30H27N5O3/c36-29-26(28-32-23-3-1-2-4-24(23)33-28)27(31-25-16-35-13-11-18(25)12-14-35)21-15-20(9-10-22(21)34-29)17-5-7-19(8-6-17)30(37)38/h1-10,15,18,25H,11-14,16H2,(H,32,33)(H,37,38)(H2,31,34,36)/t25-/m0/s1. The molecule has 3 aromatic carbocycles. The number of aromatic carboxylic acids is 1. The Labute approximate surface area is 218 Å². The summed E-state index contributed by atoms with van der Waals surface area (Å²) in [7, 11) is 0. The van der Waals surface area contributed by atoms with E-state index in [0.717, 1.165) is 71.2 Å². The fourth-order valence-electron chi connectivity index (χ4n) is 6.04. The number of piperidine rings is 3. The van der Waals surface area contributed by atoms with Crippen molar-refractivity contribution in [2.45, 2.75) is 18.9 Å². The summed E-state index contributed by atoms with van der Waals surface area (Å²) in [6, 6.07) is 20.8. The van der Waals surface area contributed by atoms with Gasteiger partial charge in [0.05, 0.1) is 27.8 Å². The van der Waals surface area contributed by atoms with Crippen molar-refractivity contribution in [3.05, 3.63) is 82.6 Å². The van der Waals surface area contributed by atoms with Crippen LogP contribution in [0.25, 0.3) is 44.5 Å². The van der Waals surface area contributed by atoms with Gasteiger partial charge in [-0.2, -0.15) is 0 Å². The number of nitrogens with one attached hydrogen (secondary N) is 3. The molecule has 0 radical (unpaired) electrons. The molecule has 0 unspecified atom stereocenters.